The van der Waals surface area contributed by atoms with Crippen LogP contribution in [0.2, 0.25) is 0 Å². The number of carbonyl (C=O) groups is 1. The highest BCUT2D eigenvalue weighted by Gasteiger charge is 2.31. The molecule has 0 aromatic carbocycles. The zero-order valence-electron chi connectivity index (χ0n) is 11.7. The van der Waals surface area contributed by atoms with Crippen LogP contribution in [0.4, 0.5) is 4.79 Å². The summed E-state index contributed by atoms with van der Waals surface area (Å²) in [5.41, 5.74) is -0.421. The third-order valence-electron chi connectivity index (χ3n) is 3.17. The van der Waals surface area contributed by atoms with Crippen molar-refractivity contribution in [3.05, 3.63) is 0 Å². The van der Waals surface area contributed by atoms with Crippen LogP contribution in [-0.2, 0) is 4.74 Å². The van der Waals surface area contributed by atoms with E-state index in [9.17, 15) is 4.79 Å². The van der Waals surface area contributed by atoms with Gasteiger partial charge < -0.3 is 15.0 Å². The third-order valence-corrected chi connectivity index (χ3v) is 3.17. The van der Waals surface area contributed by atoms with E-state index in [0.29, 0.717) is 6.04 Å². The van der Waals surface area contributed by atoms with Crippen LogP contribution >= 0.6 is 0 Å². The van der Waals surface area contributed by atoms with E-state index < -0.39 is 5.60 Å². The first-order valence-electron chi connectivity index (χ1n) is 6.54. The second-order valence-electron chi connectivity index (χ2n) is 5.77. The fourth-order valence-electron chi connectivity index (χ4n) is 2.29. The maximum atomic E-state index is 12.0. The lowest BCUT2D eigenvalue weighted by molar-refractivity contribution is 0.0152. The van der Waals surface area contributed by atoms with Gasteiger partial charge in [0, 0.05) is 13.1 Å². The topological polar surface area (TPSA) is 41.6 Å². The molecule has 0 aromatic rings. The Labute approximate surface area is 105 Å². The Kier molecular flexibility index (Phi) is 4.80. The Morgan fingerprint density at radius 1 is 1.47 bits per heavy atom. The maximum Gasteiger partial charge on any atom is 0.410 e. The summed E-state index contributed by atoms with van der Waals surface area (Å²) in [4.78, 5) is 13.8. The molecule has 0 radical (unpaired) electrons. The molecule has 1 aliphatic rings. The van der Waals surface area contributed by atoms with Crippen molar-refractivity contribution < 1.29 is 9.53 Å². The minimum Gasteiger partial charge on any atom is -0.444 e. The fraction of sp³-hybridized carbons (Fsp3) is 0.923. The van der Waals surface area contributed by atoms with Crippen molar-refractivity contribution in [2.24, 2.45) is 0 Å². The summed E-state index contributed by atoms with van der Waals surface area (Å²) in [5.74, 6) is 0. The molecular weight excluding hydrogens is 216 g/mol. The average Bonchev–Trinajstić information content (AvgIpc) is 2.25. The van der Waals surface area contributed by atoms with Crippen LogP contribution < -0.4 is 5.32 Å². The number of rotatable bonds is 2. The monoisotopic (exact) mass is 242 g/mol. The SMILES string of the molecule is CC[C@H]1NCCCC1N(C)C(=O)OC(C)(C)C. The van der Waals surface area contributed by atoms with Gasteiger partial charge in [0.2, 0.25) is 0 Å². The highest BCUT2D eigenvalue weighted by molar-refractivity contribution is 5.68. The van der Waals surface area contributed by atoms with Crippen molar-refractivity contribution in [3.63, 3.8) is 0 Å². The summed E-state index contributed by atoms with van der Waals surface area (Å²) in [6, 6.07) is 0.643. The zero-order valence-corrected chi connectivity index (χ0v) is 11.7. The van der Waals surface area contributed by atoms with E-state index >= 15 is 0 Å². The predicted molar refractivity (Wildman–Crippen MR) is 69.1 cm³/mol. The van der Waals surface area contributed by atoms with Gasteiger partial charge in [0.25, 0.3) is 0 Å². The summed E-state index contributed by atoms with van der Waals surface area (Å²) in [6.07, 6.45) is 3.00. The first-order chi connectivity index (χ1) is 7.85. The largest absolute Gasteiger partial charge is 0.444 e. The van der Waals surface area contributed by atoms with Crippen molar-refractivity contribution in [1.82, 2.24) is 10.2 Å². The number of hydrogen-bond donors (Lipinski definition) is 1. The van der Waals surface area contributed by atoms with Crippen molar-refractivity contribution in [2.45, 2.75) is 64.6 Å². The van der Waals surface area contributed by atoms with Gasteiger partial charge in [0.05, 0.1) is 6.04 Å². The van der Waals surface area contributed by atoms with Crippen LogP contribution in [0.1, 0.15) is 47.0 Å². The van der Waals surface area contributed by atoms with E-state index in [-0.39, 0.29) is 12.1 Å². The average molecular weight is 242 g/mol. The van der Waals surface area contributed by atoms with Crippen LogP contribution in [0.15, 0.2) is 0 Å². The van der Waals surface area contributed by atoms with Gasteiger partial charge in [0.15, 0.2) is 0 Å². The Morgan fingerprint density at radius 3 is 2.65 bits per heavy atom. The van der Waals surface area contributed by atoms with E-state index in [1.165, 1.54) is 0 Å². The molecule has 0 saturated carbocycles. The number of ether oxygens (including phenoxy) is 1. The van der Waals surface area contributed by atoms with Crippen LogP contribution in [0.5, 0.6) is 0 Å². The van der Waals surface area contributed by atoms with Crippen molar-refractivity contribution in [2.75, 3.05) is 13.6 Å². The lowest BCUT2D eigenvalue weighted by atomic mass is 9.95. The second kappa shape index (κ2) is 5.71. The summed E-state index contributed by atoms with van der Waals surface area (Å²) in [6.45, 7) is 8.90. The molecule has 0 spiro atoms. The van der Waals surface area contributed by atoms with E-state index in [2.05, 4.69) is 12.2 Å². The third kappa shape index (κ3) is 4.19. The Hall–Kier alpha value is -0.770. The normalized spacial score (nSPS) is 25.5. The standard InChI is InChI=1S/C13H26N2O2/c1-6-10-11(8-7-9-14-10)15(5)12(16)17-13(2,3)4/h10-11,14H,6-9H2,1-5H3/t10-,11?/m1/s1. The van der Waals surface area contributed by atoms with E-state index in [4.69, 9.17) is 4.74 Å². The number of likely N-dealkylation sites (N-methyl/N-ethyl adjacent to an activating group) is 1. The minimum atomic E-state index is -0.421. The molecule has 1 heterocycles. The predicted octanol–water partition coefficient (Wildman–Crippen LogP) is 2.38. The van der Waals surface area contributed by atoms with Gasteiger partial charge in [-0.15, -0.1) is 0 Å². The highest BCUT2D eigenvalue weighted by atomic mass is 16.6. The van der Waals surface area contributed by atoms with Gasteiger partial charge in [-0.2, -0.15) is 0 Å². The molecule has 1 saturated heterocycles. The maximum absolute atomic E-state index is 12.0. The minimum absolute atomic E-state index is 0.218. The summed E-state index contributed by atoms with van der Waals surface area (Å²) in [7, 11) is 1.84. The van der Waals surface area contributed by atoms with Crippen LogP contribution in [0, 0.1) is 0 Å². The van der Waals surface area contributed by atoms with Gasteiger partial charge in [0.1, 0.15) is 5.60 Å². The van der Waals surface area contributed by atoms with E-state index in [0.717, 1.165) is 25.8 Å². The molecule has 0 aliphatic carbocycles. The van der Waals surface area contributed by atoms with Crippen LogP contribution in [0.25, 0.3) is 0 Å². The first-order valence-corrected chi connectivity index (χ1v) is 6.54. The van der Waals surface area contributed by atoms with Crippen molar-refractivity contribution in [3.8, 4) is 0 Å². The number of carbonyl (C=O) groups excluding carboxylic acids is 1. The summed E-state index contributed by atoms with van der Waals surface area (Å²) >= 11 is 0. The Balaban J connectivity index is 2.60. The first kappa shape index (κ1) is 14.3. The number of hydrogen-bond acceptors (Lipinski definition) is 3. The van der Waals surface area contributed by atoms with E-state index in [1.807, 2.05) is 27.8 Å². The molecule has 1 amide bonds. The second-order valence-corrected chi connectivity index (χ2v) is 5.77. The van der Waals surface area contributed by atoms with Crippen LogP contribution in [0.3, 0.4) is 0 Å². The van der Waals surface area contributed by atoms with Gasteiger partial charge in [-0.25, -0.2) is 4.79 Å². The number of amides is 1. The van der Waals surface area contributed by atoms with Crippen molar-refractivity contribution >= 4 is 6.09 Å². The van der Waals surface area contributed by atoms with E-state index in [1.54, 1.807) is 4.90 Å². The fourth-order valence-corrected chi connectivity index (χ4v) is 2.29. The number of nitrogens with zero attached hydrogens (tertiary/aromatic N) is 1. The molecule has 1 unspecified atom stereocenters. The van der Waals surface area contributed by atoms with Gasteiger partial charge in [-0.3, -0.25) is 0 Å². The molecule has 4 nitrogen and oxygen atoms in total. The summed E-state index contributed by atoms with van der Waals surface area (Å²) < 4.78 is 5.40. The molecule has 2 atom stereocenters. The zero-order chi connectivity index (χ0) is 13.1. The smallest absolute Gasteiger partial charge is 0.410 e. The van der Waals surface area contributed by atoms with Gasteiger partial charge in [-0.05, 0) is 46.6 Å². The van der Waals surface area contributed by atoms with Crippen molar-refractivity contribution in [1.29, 1.82) is 0 Å². The molecule has 17 heavy (non-hydrogen) atoms. The molecule has 0 aromatic heterocycles. The molecule has 1 rings (SSSR count). The summed E-state index contributed by atoms with van der Waals surface area (Å²) in [5, 5.41) is 3.47. The molecule has 1 fully saturated rings. The highest BCUT2D eigenvalue weighted by Crippen LogP contribution is 2.19. The molecular formula is C13H26N2O2. The van der Waals surface area contributed by atoms with Crippen LogP contribution in [-0.4, -0.2) is 42.3 Å². The lowest BCUT2D eigenvalue weighted by Crippen LogP contribution is -2.54. The molecule has 100 valence electrons. The Morgan fingerprint density at radius 2 is 2.12 bits per heavy atom. The molecule has 0 bridgehead atoms. The molecule has 1 aliphatic heterocycles. The molecule has 4 heteroatoms. The van der Waals surface area contributed by atoms with Gasteiger partial charge >= 0.3 is 6.09 Å². The number of nitrogens with one attached hydrogen (secondary N) is 1. The quantitative estimate of drug-likeness (QED) is 0.808. The molecule has 1 N–H and O–H groups in total. The Bertz CT molecular complexity index is 261. The lowest BCUT2D eigenvalue weighted by Gasteiger charge is -2.38. The number of piperidine rings is 1. The van der Waals surface area contributed by atoms with Gasteiger partial charge in [-0.1, -0.05) is 6.92 Å².